The highest BCUT2D eigenvalue weighted by Crippen LogP contribution is 2.48. The Bertz CT molecular complexity index is 402. The number of alkyl halides is 7. The van der Waals surface area contributed by atoms with Crippen LogP contribution in [-0.4, -0.2) is 36.7 Å². The van der Waals surface area contributed by atoms with Crippen LogP contribution >= 0.6 is 0 Å². The highest BCUT2D eigenvalue weighted by molar-refractivity contribution is 7.85. The summed E-state index contributed by atoms with van der Waals surface area (Å²) in [5.41, 5.74) is 0. The van der Waals surface area contributed by atoms with Gasteiger partial charge < -0.3 is 4.55 Å². The molecule has 0 rings (SSSR count). The highest BCUT2D eigenvalue weighted by Gasteiger charge is 2.72. The van der Waals surface area contributed by atoms with Gasteiger partial charge in [-0.05, 0) is 12.8 Å². The number of rotatable bonds is 8. The first-order valence-electron chi connectivity index (χ1n) is 5.47. The third-order valence-corrected chi connectivity index (χ3v) is 3.24. The number of unbranched alkanes of at least 4 members (excludes halogenated alkanes) is 3. The zero-order valence-corrected chi connectivity index (χ0v) is 10.8. The molecular weight excluding hydrogens is 321 g/mol. The molecule has 0 aliphatic heterocycles. The van der Waals surface area contributed by atoms with Crippen LogP contribution in [0.4, 0.5) is 30.7 Å². The van der Waals surface area contributed by atoms with Crippen molar-refractivity contribution in [3.8, 4) is 0 Å². The van der Waals surface area contributed by atoms with E-state index in [-0.39, 0.29) is 19.3 Å². The van der Waals surface area contributed by atoms with Gasteiger partial charge in [-0.25, -0.2) is 8.42 Å². The SMILES string of the molecule is O=S(=O)([O-])CCCCCCC(F)(F)C(F)(F)C(F)(F)F. The molecule has 0 aliphatic rings. The van der Waals surface area contributed by atoms with Crippen LogP contribution in [0.25, 0.3) is 0 Å². The smallest absolute Gasteiger partial charge is 0.459 e. The Morgan fingerprint density at radius 2 is 1.25 bits per heavy atom. The molecule has 0 spiro atoms. The van der Waals surface area contributed by atoms with E-state index in [1.54, 1.807) is 0 Å². The van der Waals surface area contributed by atoms with E-state index >= 15 is 0 Å². The van der Waals surface area contributed by atoms with Crippen molar-refractivity contribution in [2.45, 2.75) is 50.1 Å². The van der Waals surface area contributed by atoms with E-state index in [0.717, 1.165) is 0 Å². The first-order chi connectivity index (χ1) is 8.71. The van der Waals surface area contributed by atoms with E-state index in [0.29, 0.717) is 0 Å². The molecule has 0 radical (unpaired) electrons. The minimum Gasteiger partial charge on any atom is -0.748 e. The molecule has 20 heavy (non-hydrogen) atoms. The van der Waals surface area contributed by atoms with Crippen molar-refractivity contribution in [1.29, 1.82) is 0 Å². The summed E-state index contributed by atoms with van der Waals surface area (Å²) in [4.78, 5) is 0. The first-order valence-corrected chi connectivity index (χ1v) is 7.04. The minimum absolute atomic E-state index is 0.0326. The lowest BCUT2D eigenvalue weighted by Gasteiger charge is -2.28. The summed E-state index contributed by atoms with van der Waals surface area (Å²) in [6.07, 6.45) is -9.03. The Kier molecular flexibility index (Phi) is 6.27. The Morgan fingerprint density at radius 1 is 0.800 bits per heavy atom. The van der Waals surface area contributed by atoms with Crippen LogP contribution in [0.3, 0.4) is 0 Å². The van der Waals surface area contributed by atoms with Gasteiger partial charge in [0.2, 0.25) is 0 Å². The summed E-state index contributed by atoms with van der Waals surface area (Å²) >= 11 is 0. The van der Waals surface area contributed by atoms with Gasteiger partial charge in [-0.3, -0.25) is 0 Å². The molecule has 11 heteroatoms. The maximum atomic E-state index is 12.8. The molecule has 0 saturated heterocycles. The van der Waals surface area contributed by atoms with Crippen molar-refractivity contribution in [2.75, 3.05) is 5.75 Å². The van der Waals surface area contributed by atoms with Gasteiger partial charge in [-0.2, -0.15) is 30.7 Å². The second-order valence-corrected chi connectivity index (χ2v) is 5.73. The second kappa shape index (κ2) is 6.46. The van der Waals surface area contributed by atoms with E-state index in [4.69, 9.17) is 0 Å². The predicted molar refractivity (Wildman–Crippen MR) is 53.6 cm³/mol. The summed E-state index contributed by atoms with van der Waals surface area (Å²) in [7, 11) is -4.45. The number of hydrogen-bond acceptors (Lipinski definition) is 3. The van der Waals surface area contributed by atoms with Crippen molar-refractivity contribution < 1.29 is 43.7 Å². The fourth-order valence-corrected chi connectivity index (χ4v) is 1.90. The van der Waals surface area contributed by atoms with Crippen LogP contribution in [-0.2, 0) is 10.1 Å². The zero-order valence-electron chi connectivity index (χ0n) is 10.0. The topological polar surface area (TPSA) is 57.2 Å². The summed E-state index contributed by atoms with van der Waals surface area (Å²) in [5, 5.41) is 0. The highest BCUT2D eigenvalue weighted by atomic mass is 32.2. The molecule has 0 saturated carbocycles. The molecule has 0 unspecified atom stereocenters. The van der Waals surface area contributed by atoms with Crippen LogP contribution in [0.15, 0.2) is 0 Å². The van der Waals surface area contributed by atoms with E-state index < -0.39 is 46.7 Å². The Morgan fingerprint density at radius 3 is 1.65 bits per heavy atom. The van der Waals surface area contributed by atoms with Crippen LogP contribution in [0.1, 0.15) is 32.1 Å². The third-order valence-electron chi connectivity index (χ3n) is 2.45. The van der Waals surface area contributed by atoms with Crippen molar-refractivity contribution in [1.82, 2.24) is 0 Å². The lowest BCUT2D eigenvalue weighted by molar-refractivity contribution is -0.355. The number of halogens is 7. The van der Waals surface area contributed by atoms with E-state index in [1.807, 2.05) is 0 Å². The molecule has 0 bridgehead atoms. The summed E-state index contributed by atoms with van der Waals surface area (Å²) in [6.45, 7) is 0. The molecule has 0 atom stereocenters. The quantitative estimate of drug-likeness (QED) is 0.389. The van der Waals surface area contributed by atoms with Gasteiger partial charge in [0.1, 0.15) is 0 Å². The van der Waals surface area contributed by atoms with Gasteiger partial charge in [0, 0.05) is 12.2 Å². The standard InChI is InChI=1S/C9H13F7O3S/c10-7(11,8(12,13)9(14,15)16)5-3-1-2-4-6-20(17,18)19/h1-6H2,(H,17,18,19)/p-1. The molecule has 0 aromatic rings. The van der Waals surface area contributed by atoms with Crippen LogP contribution in [0.5, 0.6) is 0 Å². The zero-order chi connectivity index (χ0) is 16.2. The minimum atomic E-state index is -6.34. The van der Waals surface area contributed by atoms with Gasteiger partial charge in [-0.15, -0.1) is 0 Å². The average molecular weight is 333 g/mol. The average Bonchev–Trinajstić information content (AvgIpc) is 2.19. The molecule has 0 N–H and O–H groups in total. The monoisotopic (exact) mass is 333 g/mol. The molecule has 0 fully saturated rings. The van der Waals surface area contributed by atoms with E-state index in [1.165, 1.54) is 0 Å². The van der Waals surface area contributed by atoms with E-state index in [9.17, 15) is 43.7 Å². The molecule has 0 aliphatic carbocycles. The van der Waals surface area contributed by atoms with Gasteiger partial charge >= 0.3 is 18.0 Å². The van der Waals surface area contributed by atoms with Crippen molar-refractivity contribution >= 4 is 10.1 Å². The Hall–Kier alpha value is -0.580. The van der Waals surface area contributed by atoms with Crippen LogP contribution in [0, 0.1) is 0 Å². The molecule has 0 heterocycles. The molecule has 122 valence electrons. The third kappa shape index (κ3) is 5.81. The maximum Gasteiger partial charge on any atom is 0.459 e. The Labute approximate surface area is 110 Å². The first kappa shape index (κ1) is 19.4. The van der Waals surface area contributed by atoms with Gasteiger partial charge in [0.05, 0.1) is 10.1 Å². The molecule has 0 aromatic heterocycles. The van der Waals surface area contributed by atoms with Crippen molar-refractivity contribution in [2.24, 2.45) is 0 Å². The van der Waals surface area contributed by atoms with E-state index in [2.05, 4.69) is 0 Å². The maximum absolute atomic E-state index is 12.8. The fourth-order valence-electron chi connectivity index (χ4n) is 1.34. The molecule has 3 nitrogen and oxygen atoms in total. The predicted octanol–water partition coefficient (Wildman–Crippen LogP) is 3.32. The molecule has 0 amide bonds. The number of hydrogen-bond donors (Lipinski definition) is 0. The molecule has 0 aromatic carbocycles. The Balaban J connectivity index is 4.19. The summed E-state index contributed by atoms with van der Waals surface area (Å²) in [6, 6.07) is 0. The van der Waals surface area contributed by atoms with Gasteiger partial charge in [0.25, 0.3) is 0 Å². The van der Waals surface area contributed by atoms with Crippen LogP contribution in [0.2, 0.25) is 0 Å². The normalized spacial score (nSPS) is 14.6. The lowest BCUT2D eigenvalue weighted by Crippen LogP contribution is -2.51. The van der Waals surface area contributed by atoms with Crippen molar-refractivity contribution in [3.63, 3.8) is 0 Å². The van der Waals surface area contributed by atoms with Crippen molar-refractivity contribution in [3.05, 3.63) is 0 Å². The van der Waals surface area contributed by atoms with Crippen LogP contribution < -0.4 is 0 Å². The summed E-state index contributed by atoms with van der Waals surface area (Å²) in [5.74, 6) is -12.1. The summed E-state index contributed by atoms with van der Waals surface area (Å²) < 4.78 is 116. The largest absolute Gasteiger partial charge is 0.748 e. The lowest BCUT2D eigenvalue weighted by atomic mass is 10.0. The van der Waals surface area contributed by atoms with Gasteiger partial charge in [0.15, 0.2) is 0 Å². The van der Waals surface area contributed by atoms with Gasteiger partial charge in [-0.1, -0.05) is 12.8 Å². The molecular formula is C9H12F7O3S-. The second-order valence-electron chi connectivity index (χ2n) is 4.20. The fraction of sp³-hybridized carbons (Fsp3) is 1.00.